The van der Waals surface area contributed by atoms with Crippen molar-refractivity contribution in [2.45, 2.75) is 25.5 Å². The topological polar surface area (TPSA) is 12.4 Å². The predicted molar refractivity (Wildman–Crippen MR) is 69.0 cm³/mol. The summed E-state index contributed by atoms with van der Waals surface area (Å²) in [5.74, 6) is -0.261. The van der Waals surface area contributed by atoms with Gasteiger partial charge in [0.15, 0.2) is 0 Å². The molecule has 0 aliphatic carbocycles. The average molecular weight is 290 g/mol. The van der Waals surface area contributed by atoms with Crippen molar-refractivity contribution in [3.05, 3.63) is 34.1 Å². The van der Waals surface area contributed by atoms with E-state index < -0.39 is 0 Å². The van der Waals surface area contributed by atoms with Gasteiger partial charge in [0.1, 0.15) is 5.82 Å². The molecule has 1 aromatic rings. The Bertz CT molecular complexity index is 371. The van der Waals surface area contributed by atoms with Gasteiger partial charge < -0.3 is 0 Å². The molecule has 0 amide bonds. The molecule has 0 atom stereocenters. The molecule has 0 aromatic heterocycles. The molecule has 4 heteroatoms. The molecule has 0 aliphatic heterocycles. The van der Waals surface area contributed by atoms with E-state index in [1.807, 2.05) is 0 Å². The maximum atomic E-state index is 13.3. The van der Waals surface area contributed by atoms with Gasteiger partial charge in [-0.25, -0.2) is 8.79 Å². The largest absolute Gasteiger partial charge is 0.223 e. The molecule has 0 radical (unpaired) electrons. The van der Waals surface area contributed by atoms with Gasteiger partial charge in [0.05, 0.1) is 0 Å². The zero-order chi connectivity index (χ0) is 11.5. The minimum Gasteiger partial charge on any atom is -0.223 e. The Balaban J connectivity index is 2.73. The van der Waals surface area contributed by atoms with Crippen LogP contribution in [0.2, 0.25) is 0 Å². The second-order valence-electron chi connectivity index (χ2n) is 4.10. The lowest BCUT2D eigenvalue weighted by atomic mass is 10.2. The first-order valence-electron chi connectivity index (χ1n) is 4.55. The van der Waals surface area contributed by atoms with Crippen molar-refractivity contribution in [3.8, 4) is 0 Å². The van der Waals surface area contributed by atoms with Gasteiger partial charge in [0.25, 0.3) is 0 Å². The molecular formula is C11H13BrFNS. The lowest BCUT2D eigenvalue weighted by Crippen LogP contribution is -2.05. The van der Waals surface area contributed by atoms with Gasteiger partial charge in [-0.05, 0) is 50.9 Å². The fraction of sp³-hybridized carbons (Fsp3) is 0.364. The van der Waals surface area contributed by atoms with Crippen LogP contribution in [0, 0.1) is 5.82 Å². The summed E-state index contributed by atoms with van der Waals surface area (Å²) in [5, 5.41) is 0. The third kappa shape index (κ3) is 4.80. The van der Waals surface area contributed by atoms with Crippen molar-refractivity contribution in [1.82, 2.24) is 0 Å². The fourth-order valence-corrected chi connectivity index (χ4v) is 1.66. The first-order chi connectivity index (χ1) is 6.88. The van der Waals surface area contributed by atoms with Crippen LogP contribution in [0.3, 0.4) is 0 Å². The van der Waals surface area contributed by atoms with E-state index in [1.165, 1.54) is 18.0 Å². The fourth-order valence-electron chi connectivity index (χ4n) is 0.847. The lowest BCUT2D eigenvalue weighted by Gasteiger charge is -2.12. The number of rotatable bonds is 2. The van der Waals surface area contributed by atoms with Gasteiger partial charge in [0.2, 0.25) is 0 Å². The van der Waals surface area contributed by atoms with Crippen molar-refractivity contribution >= 4 is 34.1 Å². The summed E-state index contributed by atoms with van der Waals surface area (Å²) in [6.45, 7) is 6.19. The van der Waals surface area contributed by atoms with E-state index in [0.29, 0.717) is 5.56 Å². The van der Waals surface area contributed by atoms with E-state index in [1.54, 1.807) is 18.3 Å². The standard InChI is InChI=1S/C11H13BrFNS/c1-11(2,3)15-14-7-8-4-5-9(12)6-10(8)13/h4-7H,1-3H3/b14-7+. The third-order valence-corrected chi connectivity index (χ3v) is 2.73. The van der Waals surface area contributed by atoms with Gasteiger partial charge in [0, 0.05) is 21.0 Å². The molecule has 0 aliphatic rings. The Kier molecular flexibility index (Phi) is 4.34. The maximum absolute atomic E-state index is 13.3. The smallest absolute Gasteiger partial charge is 0.133 e. The molecule has 1 aromatic carbocycles. The maximum Gasteiger partial charge on any atom is 0.133 e. The Morgan fingerprint density at radius 3 is 2.60 bits per heavy atom. The van der Waals surface area contributed by atoms with Gasteiger partial charge in [-0.1, -0.05) is 15.9 Å². The molecule has 1 nitrogen and oxygen atoms in total. The molecule has 0 fully saturated rings. The molecule has 1 rings (SSSR count). The van der Waals surface area contributed by atoms with Crippen LogP contribution in [0.25, 0.3) is 0 Å². The van der Waals surface area contributed by atoms with Crippen LogP contribution in [0.15, 0.2) is 27.1 Å². The molecule has 0 saturated heterocycles. The van der Waals surface area contributed by atoms with E-state index in [0.717, 1.165) is 4.47 Å². The molecule has 0 bridgehead atoms. The van der Waals surface area contributed by atoms with Gasteiger partial charge in [-0.2, -0.15) is 0 Å². The molecule has 0 N–H and O–H groups in total. The highest BCUT2D eigenvalue weighted by molar-refractivity contribution is 9.10. The Morgan fingerprint density at radius 2 is 2.07 bits per heavy atom. The monoisotopic (exact) mass is 289 g/mol. The highest BCUT2D eigenvalue weighted by Gasteiger charge is 2.09. The number of nitrogens with zero attached hydrogens (tertiary/aromatic N) is 1. The lowest BCUT2D eigenvalue weighted by molar-refractivity contribution is 0.625. The summed E-state index contributed by atoms with van der Waals surface area (Å²) in [5.41, 5.74) is 0.509. The van der Waals surface area contributed by atoms with Gasteiger partial charge in [-0.3, -0.25) is 0 Å². The van der Waals surface area contributed by atoms with E-state index in [4.69, 9.17) is 0 Å². The first kappa shape index (κ1) is 12.7. The summed E-state index contributed by atoms with van der Waals surface area (Å²) in [4.78, 5) is 0. The van der Waals surface area contributed by atoms with E-state index >= 15 is 0 Å². The molecule has 0 heterocycles. The van der Waals surface area contributed by atoms with Gasteiger partial charge in [-0.15, -0.1) is 0 Å². The highest BCUT2D eigenvalue weighted by Crippen LogP contribution is 2.24. The molecule has 82 valence electrons. The third-order valence-electron chi connectivity index (χ3n) is 1.48. The summed E-state index contributed by atoms with van der Waals surface area (Å²) < 4.78 is 18.3. The van der Waals surface area contributed by atoms with Crippen molar-refractivity contribution < 1.29 is 4.39 Å². The quantitative estimate of drug-likeness (QED) is 0.579. The zero-order valence-electron chi connectivity index (χ0n) is 8.92. The van der Waals surface area contributed by atoms with Crippen LogP contribution in [-0.2, 0) is 0 Å². The second kappa shape index (κ2) is 5.12. The number of halogens is 2. The highest BCUT2D eigenvalue weighted by atomic mass is 79.9. The van der Waals surface area contributed by atoms with E-state index in [9.17, 15) is 4.39 Å². The summed E-state index contributed by atoms with van der Waals surface area (Å²) >= 11 is 4.64. The van der Waals surface area contributed by atoms with Crippen LogP contribution >= 0.6 is 27.9 Å². The number of hydrogen-bond acceptors (Lipinski definition) is 2. The van der Waals surface area contributed by atoms with E-state index in [-0.39, 0.29) is 10.6 Å². The summed E-state index contributed by atoms with van der Waals surface area (Å²) in [6.07, 6.45) is 1.55. The average Bonchev–Trinajstić information content (AvgIpc) is 2.07. The molecule has 0 saturated carbocycles. The second-order valence-corrected chi connectivity index (χ2v) is 6.64. The summed E-state index contributed by atoms with van der Waals surface area (Å²) in [7, 11) is 0. The number of hydrogen-bond donors (Lipinski definition) is 0. The Hall–Kier alpha value is -0.350. The normalized spacial score (nSPS) is 12.3. The van der Waals surface area contributed by atoms with Crippen LogP contribution in [0.5, 0.6) is 0 Å². The molecule has 0 spiro atoms. The predicted octanol–water partition coefficient (Wildman–Crippen LogP) is 4.45. The Morgan fingerprint density at radius 1 is 1.40 bits per heavy atom. The number of benzene rings is 1. The van der Waals surface area contributed by atoms with Crippen molar-refractivity contribution in [2.75, 3.05) is 0 Å². The van der Waals surface area contributed by atoms with Crippen molar-refractivity contribution in [3.63, 3.8) is 0 Å². The van der Waals surface area contributed by atoms with E-state index in [2.05, 4.69) is 41.1 Å². The SMILES string of the molecule is CC(C)(C)S/N=C/c1ccc(Br)cc1F. The minimum atomic E-state index is -0.261. The summed E-state index contributed by atoms with van der Waals surface area (Å²) in [6, 6.07) is 4.93. The van der Waals surface area contributed by atoms with Crippen molar-refractivity contribution in [1.29, 1.82) is 0 Å². The minimum absolute atomic E-state index is 0.0579. The molecule has 15 heavy (non-hydrogen) atoms. The van der Waals surface area contributed by atoms with Crippen molar-refractivity contribution in [2.24, 2.45) is 4.40 Å². The Labute approximate surface area is 102 Å². The van der Waals surface area contributed by atoms with Gasteiger partial charge >= 0.3 is 0 Å². The molecule has 0 unspecified atom stereocenters. The van der Waals surface area contributed by atoms with Crippen LogP contribution in [-0.4, -0.2) is 11.0 Å². The van der Waals surface area contributed by atoms with Crippen LogP contribution < -0.4 is 0 Å². The van der Waals surface area contributed by atoms with Crippen LogP contribution in [0.1, 0.15) is 26.3 Å². The van der Waals surface area contributed by atoms with Crippen LogP contribution in [0.4, 0.5) is 4.39 Å². The zero-order valence-corrected chi connectivity index (χ0v) is 11.3. The molecular weight excluding hydrogens is 277 g/mol. The first-order valence-corrected chi connectivity index (χ1v) is 6.12.